The van der Waals surface area contributed by atoms with Crippen molar-refractivity contribution in [3.05, 3.63) is 0 Å². The summed E-state index contributed by atoms with van der Waals surface area (Å²) in [7, 11) is -6.81. The summed E-state index contributed by atoms with van der Waals surface area (Å²) >= 11 is 0. The second-order valence-corrected chi connectivity index (χ2v) is 6.58. The van der Waals surface area contributed by atoms with Crippen LogP contribution >= 0.6 is 16.5 Å². The molecule has 3 unspecified atom stereocenters. The Kier molecular flexibility index (Phi) is 12.1. The third kappa shape index (κ3) is 9.21. The van der Waals surface area contributed by atoms with Crippen molar-refractivity contribution in [3.8, 4) is 0 Å². The van der Waals surface area contributed by atoms with Gasteiger partial charge in [0, 0.05) is 6.42 Å². The van der Waals surface area contributed by atoms with Crippen molar-refractivity contribution >= 4 is 16.5 Å². The fraction of sp³-hybridized carbons (Fsp3) is 1.00. The third-order valence-corrected chi connectivity index (χ3v) is 3.92. The molecule has 1 aliphatic carbocycles. The zero-order valence-electron chi connectivity index (χ0n) is 12.2. The molecule has 20 heavy (non-hydrogen) atoms. The van der Waals surface area contributed by atoms with E-state index in [1.165, 1.54) is 0 Å². The van der Waals surface area contributed by atoms with Crippen LogP contribution in [0.25, 0.3) is 0 Å². The van der Waals surface area contributed by atoms with Crippen molar-refractivity contribution in [2.75, 3.05) is 0 Å². The van der Waals surface area contributed by atoms with E-state index in [0.29, 0.717) is 0 Å². The predicted octanol–water partition coefficient (Wildman–Crippen LogP) is -5.07. The first-order valence-electron chi connectivity index (χ1n) is 5.51. The molecule has 0 aromatic heterocycles. The maximum absolute atomic E-state index is 10.5. The van der Waals surface area contributed by atoms with Crippen LogP contribution in [-0.2, 0) is 18.2 Å². The van der Waals surface area contributed by atoms with Crippen LogP contribution < -0.4 is 68.9 Å². The van der Waals surface area contributed by atoms with Gasteiger partial charge < -0.3 is 14.9 Å². The third-order valence-electron chi connectivity index (χ3n) is 3.05. The van der Waals surface area contributed by atoms with Crippen LogP contribution in [0.4, 0.5) is 0 Å². The van der Waals surface area contributed by atoms with Gasteiger partial charge in [-0.05, 0) is 39.7 Å². The van der Waals surface area contributed by atoms with Crippen LogP contribution in [-0.4, -0.2) is 11.1 Å². The first-order valence-corrected chi connectivity index (χ1v) is 7.70. The molecule has 0 bridgehead atoms. The van der Waals surface area contributed by atoms with Crippen molar-refractivity contribution in [3.63, 3.8) is 0 Å². The number of hydrogen-bond donors (Lipinski definition) is 1. The molecule has 0 aromatic rings. The summed E-state index contributed by atoms with van der Waals surface area (Å²) in [5.41, 5.74) is 0.0882. The van der Waals surface area contributed by atoms with Crippen LogP contribution in [0.15, 0.2) is 0 Å². The minimum absolute atomic E-state index is 0. The van der Waals surface area contributed by atoms with Gasteiger partial charge in [0.05, 0.1) is 0 Å². The smallest absolute Gasteiger partial charge is 0.566 e. The first-order chi connectivity index (χ1) is 8.12. The summed E-state index contributed by atoms with van der Waals surface area (Å²) in [5.74, 6) is -2.66. The molecule has 0 spiro atoms. The molecule has 0 saturated heterocycles. The Morgan fingerprint density at radius 1 is 1.25 bits per heavy atom. The minimum Gasteiger partial charge on any atom is -0.566 e. The van der Waals surface area contributed by atoms with Crippen molar-refractivity contribution < 1.29 is 92.2 Å². The average Bonchev–Trinajstić information content (AvgIpc) is 2.40. The summed E-state index contributed by atoms with van der Waals surface area (Å²) in [5, 5.41) is 9.77. The first kappa shape index (κ1) is 24.3. The van der Waals surface area contributed by atoms with Gasteiger partial charge in [-0.25, -0.2) is 0 Å². The number of hydrogen-bond acceptors (Lipinski definition) is 7. The quantitative estimate of drug-likeness (QED) is 0.291. The van der Waals surface area contributed by atoms with E-state index in [-0.39, 0.29) is 76.9 Å². The van der Waals surface area contributed by atoms with Crippen LogP contribution in [0.3, 0.4) is 0 Å². The summed E-state index contributed by atoms with van der Waals surface area (Å²) < 4.78 is 29.3. The molecule has 0 aromatic carbocycles. The van der Waals surface area contributed by atoms with E-state index in [0.717, 1.165) is 19.3 Å². The Hall–Kier alpha value is 2.00. The van der Waals surface area contributed by atoms with E-state index in [2.05, 4.69) is 22.9 Å². The van der Waals surface area contributed by atoms with Crippen LogP contribution in [0, 0.1) is 11.3 Å². The van der Waals surface area contributed by atoms with Gasteiger partial charge in [0.15, 0.2) is 0 Å². The molecule has 0 aliphatic heterocycles. The van der Waals surface area contributed by atoms with E-state index in [4.69, 9.17) is 0 Å². The average molecular weight is 344 g/mol. The Morgan fingerprint density at radius 3 is 2.00 bits per heavy atom. The second-order valence-electron chi connectivity index (χ2n) is 5.32. The van der Waals surface area contributed by atoms with Crippen molar-refractivity contribution in [1.29, 1.82) is 0 Å². The van der Waals surface area contributed by atoms with Crippen LogP contribution in [0.1, 0.15) is 39.5 Å². The molecule has 7 nitrogen and oxygen atoms in total. The topological polar surface area (TPSA) is 119 Å². The minimum atomic E-state index is -3.41. The Balaban J connectivity index is 0. The molecule has 104 valence electrons. The van der Waals surface area contributed by atoms with Gasteiger partial charge in [-0.15, -0.1) is 0 Å². The van der Waals surface area contributed by atoms with E-state index in [1.807, 2.05) is 0 Å². The Bertz CT molecular complexity index is 337. The molecule has 0 radical (unpaired) electrons. The maximum Gasteiger partial charge on any atom is 1.00 e. The predicted molar refractivity (Wildman–Crippen MR) is 58.1 cm³/mol. The van der Waals surface area contributed by atoms with E-state index in [1.54, 1.807) is 0 Å². The largest absolute Gasteiger partial charge is 1.00 e. The maximum atomic E-state index is 10.5. The second kappa shape index (κ2) is 9.99. The molecule has 1 N–H and O–H groups in total. The van der Waals surface area contributed by atoms with Crippen LogP contribution in [0.2, 0.25) is 0 Å². The molecule has 1 aliphatic rings. The van der Waals surface area contributed by atoms with Gasteiger partial charge in [-0.3, -0.25) is 0 Å². The van der Waals surface area contributed by atoms with Gasteiger partial charge >= 0.3 is 81.6 Å². The molecule has 3 atom stereocenters. The van der Waals surface area contributed by atoms with E-state index < -0.39 is 22.5 Å². The fourth-order valence-corrected chi connectivity index (χ4v) is 3.19. The molecule has 1 saturated carbocycles. The molecular formula is C9H16Na2O7P2+2. The zero-order chi connectivity index (χ0) is 14.0. The summed E-state index contributed by atoms with van der Waals surface area (Å²) in [4.78, 5) is 21.0. The molecule has 0 amide bonds. The SMILES string of the molecule is CC1(C)CCC(CC(O)(O[P+](=O)[O-])O[P+](=O)[O-])C1.[Na+].[Na+]. The molecule has 11 heteroatoms. The number of aliphatic hydroxyl groups is 1. The summed E-state index contributed by atoms with van der Waals surface area (Å²) in [6.45, 7) is 4.10. The van der Waals surface area contributed by atoms with Gasteiger partial charge in [-0.2, -0.15) is 0 Å². The Morgan fingerprint density at radius 2 is 1.70 bits per heavy atom. The van der Waals surface area contributed by atoms with Crippen LogP contribution in [0.5, 0.6) is 0 Å². The summed E-state index contributed by atoms with van der Waals surface area (Å²) in [6.07, 6.45) is 2.23. The normalized spacial score (nSPS) is 24.9. The molecule has 1 fully saturated rings. The molecular weight excluding hydrogens is 328 g/mol. The van der Waals surface area contributed by atoms with Crippen molar-refractivity contribution in [2.45, 2.75) is 45.5 Å². The van der Waals surface area contributed by atoms with Gasteiger partial charge in [-0.1, -0.05) is 22.9 Å². The van der Waals surface area contributed by atoms with E-state index >= 15 is 0 Å². The monoisotopic (exact) mass is 344 g/mol. The van der Waals surface area contributed by atoms with Crippen molar-refractivity contribution in [1.82, 2.24) is 0 Å². The van der Waals surface area contributed by atoms with Gasteiger partial charge in [0.2, 0.25) is 0 Å². The number of rotatable bonds is 6. The summed E-state index contributed by atoms with van der Waals surface area (Å²) in [6, 6.07) is 0. The molecule has 0 heterocycles. The standard InChI is InChI=1S/C9H16O7P2.2Na/c1-8(2)4-3-7(5-8)6-9(10,15-17(11)12)16-18(13)14;;/h7,10H,3-6H2,1-2H3;;/q;2*+1. The van der Waals surface area contributed by atoms with Gasteiger partial charge in [0.25, 0.3) is 0 Å². The Labute approximate surface area is 164 Å². The van der Waals surface area contributed by atoms with Gasteiger partial charge in [0.1, 0.15) is 0 Å². The van der Waals surface area contributed by atoms with Crippen molar-refractivity contribution in [2.24, 2.45) is 11.3 Å². The molecule has 1 rings (SSSR count). The van der Waals surface area contributed by atoms with E-state index in [9.17, 15) is 24.0 Å². The fourth-order valence-electron chi connectivity index (χ4n) is 2.44. The zero-order valence-corrected chi connectivity index (χ0v) is 18.0.